The normalized spacial score (nSPS) is 22.5. The minimum atomic E-state index is -0.293. The van der Waals surface area contributed by atoms with Crippen molar-refractivity contribution in [3.05, 3.63) is 30.1 Å². The molecule has 5 heteroatoms. The maximum atomic E-state index is 12.7. The van der Waals surface area contributed by atoms with E-state index in [1.165, 1.54) is 23.9 Å². The molecule has 1 heterocycles. The second-order valence-corrected chi connectivity index (χ2v) is 4.59. The van der Waals surface area contributed by atoms with Gasteiger partial charge in [0, 0.05) is 0 Å². The standard InChI is InChI=1S/C11H11FN2OS/c1-2-9-10(15)14-11(16-9)13-8-5-3-7(12)4-6-8/h3-6,9H,2H2,1H3,(H,13,14,15)/t9-/m1/s1. The minimum Gasteiger partial charge on any atom is -0.304 e. The lowest BCUT2D eigenvalue weighted by Crippen LogP contribution is -2.24. The van der Waals surface area contributed by atoms with E-state index in [0.717, 1.165) is 6.42 Å². The van der Waals surface area contributed by atoms with Gasteiger partial charge in [0.15, 0.2) is 5.17 Å². The molecule has 0 radical (unpaired) electrons. The summed E-state index contributed by atoms with van der Waals surface area (Å²) < 4.78 is 12.7. The Hall–Kier alpha value is -1.36. The smallest absolute Gasteiger partial charge is 0.239 e. The van der Waals surface area contributed by atoms with E-state index in [2.05, 4.69) is 10.3 Å². The summed E-state index contributed by atoms with van der Waals surface area (Å²) in [6.07, 6.45) is 0.777. The number of carbonyl (C=O) groups excluding carboxylic acids is 1. The summed E-state index contributed by atoms with van der Waals surface area (Å²) in [6.45, 7) is 1.96. The van der Waals surface area contributed by atoms with Crippen LogP contribution < -0.4 is 5.32 Å². The maximum absolute atomic E-state index is 12.7. The zero-order valence-electron chi connectivity index (χ0n) is 8.74. The van der Waals surface area contributed by atoms with Crippen LogP contribution >= 0.6 is 11.8 Å². The highest BCUT2D eigenvalue weighted by molar-refractivity contribution is 8.15. The lowest BCUT2D eigenvalue weighted by atomic mass is 10.3. The van der Waals surface area contributed by atoms with Gasteiger partial charge >= 0.3 is 0 Å². The molecule has 0 bridgehead atoms. The molecular weight excluding hydrogens is 227 g/mol. The summed E-state index contributed by atoms with van der Waals surface area (Å²) in [5.74, 6) is -0.299. The first-order chi connectivity index (χ1) is 7.69. The Labute approximate surface area is 97.1 Å². The van der Waals surface area contributed by atoms with Gasteiger partial charge in [-0.2, -0.15) is 0 Å². The van der Waals surface area contributed by atoms with E-state index >= 15 is 0 Å². The van der Waals surface area contributed by atoms with Crippen molar-refractivity contribution >= 4 is 28.5 Å². The van der Waals surface area contributed by atoms with Gasteiger partial charge in [-0.05, 0) is 30.7 Å². The largest absolute Gasteiger partial charge is 0.304 e. The fourth-order valence-electron chi connectivity index (χ4n) is 1.36. The van der Waals surface area contributed by atoms with Crippen molar-refractivity contribution in [2.24, 2.45) is 4.99 Å². The number of hydrogen-bond donors (Lipinski definition) is 1. The van der Waals surface area contributed by atoms with Crippen LogP contribution in [0.5, 0.6) is 0 Å². The predicted molar refractivity (Wildman–Crippen MR) is 63.3 cm³/mol. The molecule has 0 aromatic heterocycles. The first kappa shape index (κ1) is 11.1. The third-order valence-electron chi connectivity index (χ3n) is 2.20. The van der Waals surface area contributed by atoms with E-state index in [1.54, 1.807) is 12.1 Å². The molecule has 1 N–H and O–H groups in total. The summed E-state index contributed by atoms with van der Waals surface area (Å²) in [6, 6.07) is 5.85. The number of carbonyl (C=O) groups is 1. The van der Waals surface area contributed by atoms with Gasteiger partial charge in [0.2, 0.25) is 5.91 Å². The molecule has 0 spiro atoms. The molecule has 0 aliphatic carbocycles. The quantitative estimate of drug-likeness (QED) is 0.859. The van der Waals surface area contributed by atoms with Gasteiger partial charge in [0.25, 0.3) is 0 Å². The molecule has 84 valence electrons. The van der Waals surface area contributed by atoms with Crippen LogP contribution in [0.25, 0.3) is 0 Å². The van der Waals surface area contributed by atoms with Crippen LogP contribution in [0.15, 0.2) is 29.3 Å². The molecule has 0 unspecified atom stereocenters. The number of benzene rings is 1. The van der Waals surface area contributed by atoms with Crippen LogP contribution in [-0.4, -0.2) is 16.3 Å². The van der Waals surface area contributed by atoms with Gasteiger partial charge in [0.05, 0.1) is 10.9 Å². The number of thioether (sulfide) groups is 1. The lowest BCUT2D eigenvalue weighted by Gasteiger charge is -1.97. The van der Waals surface area contributed by atoms with E-state index in [0.29, 0.717) is 10.9 Å². The van der Waals surface area contributed by atoms with Gasteiger partial charge in [-0.3, -0.25) is 4.79 Å². The Morgan fingerprint density at radius 2 is 2.12 bits per heavy atom. The SMILES string of the molecule is CC[C@H]1SC(=Nc2ccc(F)cc2)NC1=O. The second-order valence-electron chi connectivity index (χ2n) is 3.40. The third kappa shape index (κ3) is 2.41. The Balaban J connectivity index is 2.14. The topological polar surface area (TPSA) is 41.5 Å². The zero-order valence-corrected chi connectivity index (χ0v) is 9.55. The second kappa shape index (κ2) is 4.65. The maximum Gasteiger partial charge on any atom is 0.239 e. The van der Waals surface area contributed by atoms with E-state index in [-0.39, 0.29) is 17.0 Å². The van der Waals surface area contributed by atoms with Crippen molar-refractivity contribution < 1.29 is 9.18 Å². The van der Waals surface area contributed by atoms with Gasteiger partial charge in [-0.25, -0.2) is 9.38 Å². The number of rotatable bonds is 2. The number of amides is 1. The van der Waals surface area contributed by atoms with Crippen molar-refractivity contribution in [2.75, 3.05) is 0 Å². The summed E-state index contributed by atoms with van der Waals surface area (Å²) >= 11 is 1.41. The van der Waals surface area contributed by atoms with Crippen molar-refractivity contribution in [3.63, 3.8) is 0 Å². The Morgan fingerprint density at radius 3 is 2.69 bits per heavy atom. The number of amidine groups is 1. The molecule has 0 saturated carbocycles. The highest BCUT2D eigenvalue weighted by atomic mass is 32.2. The molecule has 1 amide bonds. The van der Waals surface area contributed by atoms with Crippen molar-refractivity contribution in [1.82, 2.24) is 5.32 Å². The van der Waals surface area contributed by atoms with E-state index < -0.39 is 0 Å². The summed E-state index contributed by atoms with van der Waals surface area (Å²) in [5.41, 5.74) is 0.640. The molecule has 1 atom stereocenters. The molecule has 1 aromatic rings. The molecule has 2 rings (SSSR count). The summed E-state index contributed by atoms with van der Waals surface area (Å²) in [4.78, 5) is 15.6. The van der Waals surface area contributed by atoms with Crippen LogP contribution in [0.2, 0.25) is 0 Å². The van der Waals surface area contributed by atoms with E-state index in [9.17, 15) is 9.18 Å². The molecule has 3 nitrogen and oxygen atoms in total. The molecule has 1 saturated heterocycles. The highest BCUT2D eigenvalue weighted by Gasteiger charge is 2.28. The van der Waals surface area contributed by atoms with Gasteiger partial charge in [0.1, 0.15) is 5.82 Å². The number of hydrogen-bond acceptors (Lipinski definition) is 3. The predicted octanol–water partition coefficient (Wildman–Crippen LogP) is 2.45. The van der Waals surface area contributed by atoms with Crippen LogP contribution in [0.3, 0.4) is 0 Å². The number of nitrogens with one attached hydrogen (secondary N) is 1. The van der Waals surface area contributed by atoms with Gasteiger partial charge in [-0.1, -0.05) is 18.7 Å². The van der Waals surface area contributed by atoms with E-state index in [4.69, 9.17) is 0 Å². The third-order valence-corrected chi connectivity index (χ3v) is 3.45. The number of halogens is 1. The fraction of sp³-hybridized carbons (Fsp3) is 0.273. The zero-order chi connectivity index (χ0) is 11.5. The Bertz CT molecular complexity index is 430. The average molecular weight is 238 g/mol. The molecule has 1 fully saturated rings. The Morgan fingerprint density at radius 1 is 1.44 bits per heavy atom. The number of nitrogens with zero attached hydrogens (tertiary/aromatic N) is 1. The first-order valence-electron chi connectivity index (χ1n) is 5.01. The van der Waals surface area contributed by atoms with Crippen molar-refractivity contribution in [2.45, 2.75) is 18.6 Å². The fourth-order valence-corrected chi connectivity index (χ4v) is 2.28. The van der Waals surface area contributed by atoms with Gasteiger partial charge < -0.3 is 5.32 Å². The average Bonchev–Trinajstić information content (AvgIpc) is 2.62. The van der Waals surface area contributed by atoms with Crippen molar-refractivity contribution in [1.29, 1.82) is 0 Å². The van der Waals surface area contributed by atoms with Crippen molar-refractivity contribution in [3.8, 4) is 0 Å². The molecule has 16 heavy (non-hydrogen) atoms. The minimum absolute atomic E-state index is 0.00615. The molecule has 1 aromatic carbocycles. The number of aliphatic imine (C=N–C) groups is 1. The first-order valence-corrected chi connectivity index (χ1v) is 5.89. The lowest BCUT2D eigenvalue weighted by molar-refractivity contribution is -0.118. The highest BCUT2D eigenvalue weighted by Crippen LogP contribution is 2.24. The summed E-state index contributed by atoms with van der Waals surface area (Å²) in [7, 11) is 0. The molecule has 1 aliphatic rings. The Kier molecular flexibility index (Phi) is 3.24. The van der Waals surface area contributed by atoms with Crippen LogP contribution in [0, 0.1) is 5.82 Å². The monoisotopic (exact) mass is 238 g/mol. The molecular formula is C11H11FN2OS. The van der Waals surface area contributed by atoms with Crippen LogP contribution in [0.1, 0.15) is 13.3 Å². The van der Waals surface area contributed by atoms with E-state index in [1.807, 2.05) is 6.92 Å². The molecule has 1 aliphatic heterocycles. The van der Waals surface area contributed by atoms with Crippen LogP contribution in [0.4, 0.5) is 10.1 Å². The van der Waals surface area contributed by atoms with Gasteiger partial charge in [-0.15, -0.1) is 0 Å². The van der Waals surface area contributed by atoms with Crippen LogP contribution in [-0.2, 0) is 4.79 Å². The summed E-state index contributed by atoms with van der Waals surface area (Å²) in [5, 5.41) is 3.23.